The van der Waals surface area contributed by atoms with Crippen LogP contribution in [0.15, 0.2) is 90.4 Å². The molecule has 3 aromatic carbocycles. The van der Waals surface area contributed by atoms with Crippen molar-refractivity contribution in [3.8, 4) is 22.6 Å². The fraction of sp³-hybridized carbons (Fsp3) is 0.257. The molecule has 1 unspecified atom stereocenters. The number of fused-ring (bicyclic) bond motifs is 3. The Bertz CT molecular complexity index is 1590. The van der Waals surface area contributed by atoms with E-state index in [0.717, 1.165) is 40.1 Å². The normalized spacial score (nSPS) is 12.7. The van der Waals surface area contributed by atoms with Crippen LogP contribution in [0.25, 0.3) is 11.1 Å². The van der Waals surface area contributed by atoms with Gasteiger partial charge in [0, 0.05) is 28.0 Å². The summed E-state index contributed by atoms with van der Waals surface area (Å²) in [7, 11) is 0. The molecule has 10 heteroatoms. The van der Waals surface area contributed by atoms with Gasteiger partial charge in [-0.05, 0) is 102 Å². The zero-order valence-electron chi connectivity index (χ0n) is 25.2. The minimum absolute atomic E-state index is 0.0588. The predicted molar refractivity (Wildman–Crippen MR) is 170 cm³/mol. The van der Waals surface area contributed by atoms with Crippen LogP contribution >= 0.6 is 11.8 Å². The van der Waals surface area contributed by atoms with Gasteiger partial charge in [-0.2, -0.15) is 0 Å². The van der Waals surface area contributed by atoms with E-state index in [0.29, 0.717) is 34.6 Å². The molecule has 4 rings (SSSR count). The summed E-state index contributed by atoms with van der Waals surface area (Å²) in [6.07, 6.45) is 1.30. The van der Waals surface area contributed by atoms with Crippen LogP contribution in [0, 0.1) is 0 Å². The molecule has 0 aliphatic heterocycles. The molecule has 0 N–H and O–H groups in total. The molecule has 0 spiro atoms. The minimum Gasteiger partial charge on any atom is -0.490 e. The summed E-state index contributed by atoms with van der Waals surface area (Å²) in [4.78, 5) is 48.3. The number of hydrogen-bond donors (Lipinski definition) is 0. The van der Waals surface area contributed by atoms with E-state index in [9.17, 15) is 19.2 Å². The number of ether oxygens (including phenoxy) is 5. The Hall–Kier alpha value is -4.83. The number of benzene rings is 3. The first-order chi connectivity index (χ1) is 21.7. The van der Waals surface area contributed by atoms with Crippen LogP contribution in [0.4, 0.5) is 4.79 Å². The third kappa shape index (κ3) is 9.09. The fourth-order valence-corrected chi connectivity index (χ4v) is 5.30. The molecule has 0 saturated heterocycles. The number of esters is 2. The van der Waals surface area contributed by atoms with Gasteiger partial charge in [0.2, 0.25) is 5.12 Å². The highest BCUT2D eigenvalue weighted by molar-refractivity contribution is 8.14. The summed E-state index contributed by atoms with van der Waals surface area (Å²) < 4.78 is 25.9. The molecular weight excluding hydrogens is 596 g/mol. The molecule has 0 bridgehead atoms. The third-order valence-corrected chi connectivity index (χ3v) is 7.80. The van der Waals surface area contributed by atoms with Crippen molar-refractivity contribution in [3.05, 3.63) is 102 Å². The highest BCUT2D eigenvalue weighted by Gasteiger charge is 2.27. The number of hydrogen-bond acceptors (Lipinski definition) is 10. The average Bonchev–Trinajstić information content (AvgIpc) is 3.31. The van der Waals surface area contributed by atoms with E-state index in [2.05, 4.69) is 20.1 Å². The summed E-state index contributed by atoms with van der Waals surface area (Å²) in [5.41, 5.74) is 5.25. The molecule has 1 aliphatic rings. The Labute approximate surface area is 266 Å². The lowest BCUT2D eigenvalue weighted by Crippen LogP contribution is -2.12. The smallest absolute Gasteiger partial charge is 0.490 e. The first-order valence-electron chi connectivity index (χ1n) is 14.4. The molecule has 3 aromatic rings. The number of unbranched alkanes of at least 4 members (excludes halogenated alkanes) is 1. The fourth-order valence-electron chi connectivity index (χ4n) is 4.57. The SMILES string of the molecule is C=CC(=O)OCCCCOC(=O)Oc1ccc(SC(=O)c2ccc3c(c2)C(C)c2cc(OCCOC(=O)C(=C)C)ccc2-3)cc1. The topological polar surface area (TPSA) is 114 Å². The van der Waals surface area contributed by atoms with Crippen LogP contribution in [-0.2, 0) is 23.8 Å². The number of carbonyl (C=O) groups is 4. The molecule has 0 aromatic heterocycles. The maximum absolute atomic E-state index is 13.2. The van der Waals surface area contributed by atoms with Gasteiger partial charge in [-0.15, -0.1) is 0 Å². The van der Waals surface area contributed by atoms with Gasteiger partial charge in [0.05, 0.1) is 13.2 Å². The van der Waals surface area contributed by atoms with Gasteiger partial charge >= 0.3 is 18.1 Å². The Morgan fingerprint density at radius 1 is 0.800 bits per heavy atom. The molecule has 0 radical (unpaired) electrons. The molecule has 0 fully saturated rings. The van der Waals surface area contributed by atoms with Gasteiger partial charge < -0.3 is 23.7 Å². The van der Waals surface area contributed by atoms with Gasteiger partial charge in [-0.1, -0.05) is 32.2 Å². The van der Waals surface area contributed by atoms with Crippen molar-refractivity contribution in [3.63, 3.8) is 0 Å². The molecule has 0 heterocycles. The lowest BCUT2D eigenvalue weighted by molar-refractivity contribution is -0.140. The summed E-state index contributed by atoms with van der Waals surface area (Å²) in [5.74, 6) is 0.0858. The average molecular weight is 631 g/mol. The monoisotopic (exact) mass is 630 g/mol. The zero-order valence-corrected chi connectivity index (χ0v) is 26.0. The second-order valence-corrected chi connectivity index (χ2v) is 11.2. The highest BCUT2D eigenvalue weighted by atomic mass is 32.2. The van der Waals surface area contributed by atoms with E-state index in [4.69, 9.17) is 23.7 Å². The highest BCUT2D eigenvalue weighted by Crippen LogP contribution is 2.46. The Balaban J connectivity index is 1.27. The summed E-state index contributed by atoms with van der Waals surface area (Å²) in [6, 6.07) is 18.2. The molecule has 0 saturated carbocycles. The maximum atomic E-state index is 13.2. The molecule has 0 amide bonds. The third-order valence-electron chi connectivity index (χ3n) is 6.87. The summed E-state index contributed by atoms with van der Waals surface area (Å²) >= 11 is 1.08. The van der Waals surface area contributed by atoms with E-state index in [-0.39, 0.29) is 43.2 Å². The van der Waals surface area contributed by atoms with Crippen LogP contribution in [0.3, 0.4) is 0 Å². The van der Waals surface area contributed by atoms with Crippen molar-refractivity contribution in [1.82, 2.24) is 0 Å². The van der Waals surface area contributed by atoms with Crippen LogP contribution in [0.2, 0.25) is 0 Å². The number of thioether (sulfide) groups is 1. The molecule has 1 atom stereocenters. The number of carbonyl (C=O) groups excluding carboxylic acids is 4. The van der Waals surface area contributed by atoms with Gasteiger partial charge in [0.25, 0.3) is 0 Å². The van der Waals surface area contributed by atoms with Crippen LogP contribution in [0.1, 0.15) is 54.1 Å². The Morgan fingerprint density at radius 2 is 1.44 bits per heavy atom. The second-order valence-electron chi connectivity index (χ2n) is 10.2. The van der Waals surface area contributed by atoms with Crippen LogP contribution in [0.5, 0.6) is 11.5 Å². The first kappa shape index (κ1) is 33.1. The minimum atomic E-state index is -0.842. The lowest BCUT2D eigenvalue weighted by atomic mass is 9.98. The molecule has 45 heavy (non-hydrogen) atoms. The van der Waals surface area contributed by atoms with Crippen molar-refractivity contribution in [1.29, 1.82) is 0 Å². The molecule has 1 aliphatic carbocycles. The van der Waals surface area contributed by atoms with Crippen molar-refractivity contribution in [2.45, 2.75) is 37.5 Å². The van der Waals surface area contributed by atoms with Gasteiger partial charge in [0.1, 0.15) is 24.7 Å². The van der Waals surface area contributed by atoms with E-state index in [1.54, 1.807) is 31.2 Å². The second kappa shape index (κ2) is 15.8. The number of rotatable bonds is 14. The van der Waals surface area contributed by atoms with Crippen LogP contribution in [-0.4, -0.2) is 49.6 Å². The lowest BCUT2D eigenvalue weighted by Gasteiger charge is -2.11. The van der Waals surface area contributed by atoms with E-state index in [1.807, 2.05) is 36.4 Å². The quantitative estimate of drug-likeness (QED) is 0.0450. The van der Waals surface area contributed by atoms with E-state index >= 15 is 0 Å². The molecule has 9 nitrogen and oxygen atoms in total. The van der Waals surface area contributed by atoms with Crippen molar-refractivity contribution >= 4 is 35.0 Å². The maximum Gasteiger partial charge on any atom is 0.513 e. The van der Waals surface area contributed by atoms with Gasteiger partial charge in [-0.3, -0.25) is 4.79 Å². The van der Waals surface area contributed by atoms with Crippen LogP contribution < -0.4 is 9.47 Å². The van der Waals surface area contributed by atoms with Gasteiger partial charge in [0.15, 0.2) is 0 Å². The van der Waals surface area contributed by atoms with E-state index in [1.165, 1.54) is 0 Å². The Kier molecular flexibility index (Phi) is 11.6. The summed E-state index contributed by atoms with van der Waals surface area (Å²) in [5, 5.41) is -0.110. The largest absolute Gasteiger partial charge is 0.513 e. The molecular formula is C35H34O9S. The first-order valence-corrected chi connectivity index (χ1v) is 15.2. The Morgan fingerprint density at radius 3 is 2.13 bits per heavy atom. The molecule has 234 valence electrons. The predicted octanol–water partition coefficient (Wildman–Crippen LogP) is 7.27. The summed E-state index contributed by atoms with van der Waals surface area (Å²) in [6.45, 7) is 11.3. The van der Waals surface area contributed by atoms with Gasteiger partial charge in [-0.25, -0.2) is 14.4 Å². The standard InChI is InChI=1S/C35H34O9S/c1-5-32(36)41-16-6-7-17-43-35(39)44-25-9-12-27(13-10-25)45-34(38)24-8-14-28-29-15-11-26(21-31(29)23(4)30(28)20-24)40-18-19-42-33(37)22(2)3/h5,8-15,20-21,23H,1-2,6-7,16-19H2,3-4H3. The van der Waals surface area contributed by atoms with Crippen molar-refractivity contribution in [2.24, 2.45) is 0 Å². The van der Waals surface area contributed by atoms with Crippen molar-refractivity contribution in [2.75, 3.05) is 26.4 Å². The van der Waals surface area contributed by atoms with E-state index < -0.39 is 18.1 Å². The van der Waals surface area contributed by atoms with Crippen molar-refractivity contribution < 1.29 is 42.9 Å². The zero-order chi connectivity index (χ0) is 32.3.